The van der Waals surface area contributed by atoms with E-state index in [9.17, 15) is 14.7 Å². The van der Waals surface area contributed by atoms with E-state index in [1.165, 1.54) is 57.8 Å². The summed E-state index contributed by atoms with van der Waals surface area (Å²) in [4.78, 5) is 24.5. The van der Waals surface area contributed by atoms with E-state index in [1.807, 2.05) is 0 Å². The van der Waals surface area contributed by atoms with E-state index < -0.39 is 6.10 Å². The van der Waals surface area contributed by atoms with Gasteiger partial charge in [-0.15, -0.1) is 0 Å². The molecule has 0 bridgehead atoms. The molecular formula is C61H96O5. The first-order valence-corrected chi connectivity index (χ1v) is 26.4. The second-order valence-electron chi connectivity index (χ2n) is 16.8. The van der Waals surface area contributed by atoms with Gasteiger partial charge in [0, 0.05) is 12.8 Å². The van der Waals surface area contributed by atoms with Gasteiger partial charge in [-0.3, -0.25) is 9.59 Å². The summed E-state index contributed by atoms with van der Waals surface area (Å²) in [5, 5.41) is 9.63. The maximum absolute atomic E-state index is 12.3. The van der Waals surface area contributed by atoms with Crippen LogP contribution in [0.15, 0.2) is 146 Å². The van der Waals surface area contributed by atoms with Crippen LogP contribution in [-0.2, 0) is 19.1 Å². The molecule has 1 N–H and O–H groups in total. The van der Waals surface area contributed by atoms with E-state index in [0.717, 1.165) is 122 Å². The van der Waals surface area contributed by atoms with Crippen molar-refractivity contribution in [2.24, 2.45) is 0 Å². The van der Waals surface area contributed by atoms with Gasteiger partial charge in [0.15, 0.2) is 6.10 Å². The summed E-state index contributed by atoms with van der Waals surface area (Å²) in [6.45, 7) is 3.87. The third-order valence-electron chi connectivity index (χ3n) is 10.6. The van der Waals surface area contributed by atoms with E-state index in [1.54, 1.807) is 0 Å². The maximum atomic E-state index is 12.3. The highest BCUT2D eigenvalue weighted by atomic mass is 16.6. The lowest BCUT2D eigenvalue weighted by molar-refractivity contribution is -0.161. The van der Waals surface area contributed by atoms with Crippen molar-refractivity contribution in [3.63, 3.8) is 0 Å². The number of aliphatic hydroxyl groups is 1. The van der Waals surface area contributed by atoms with Crippen molar-refractivity contribution in [2.45, 2.75) is 213 Å². The topological polar surface area (TPSA) is 72.8 Å². The summed E-state index contributed by atoms with van der Waals surface area (Å²) in [6.07, 6.45) is 83.7. The number of carbonyl (C=O) groups excluding carboxylic acids is 2. The number of ether oxygens (including phenoxy) is 2. The van der Waals surface area contributed by atoms with Crippen molar-refractivity contribution in [3.05, 3.63) is 146 Å². The highest BCUT2D eigenvalue weighted by Gasteiger charge is 2.16. The number of rotatable bonds is 46. The summed E-state index contributed by atoms with van der Waals surface area (Å²) >= 11 is 0. The van der Waals surface area contributed by atoms with Crippen LogP contribution >= 0.6 is 0 Å². The first-order valence-electron chi connectivity index (χ1n) is 26.4. The van der Waals surface area contributed by atoms with Crippen molar-refractivity contribution < 1.29 is 24.2 Å². The molecule has 5 nitrogen and oxygen atoms in total. The Morgan fingerprint density at radius 1 is 0.348 bits per heavy atom. The highest BCUT2D eigenvalue weighted by Crippen LogP contribution is 2.14. The molecular weight excluding hydrogens is 813 g/mol. The second-order valence-corrected chi connectivity index (χ2v) is 16.8. The first kappa shape index (κ1) is 61.8. The predicted octanol–water partition coefficient (Wildman–Crippen LogP) is 17.9. The van der Waals surface area contributed by atoms with Gasteiger partial charge in [0.2, 0.25) is 0 Å². The van der Waals surface area contributed by atoms with E-state index >= 15 is 0 Å². The third kappa shape index (κ3) is 52.4. The Morgan fingerprint density at radius 2 is 0.606 bits per heavy atom. The molecule has 1 atom stereocenters. The molecule has 0 aliphatic carbocycles. The minimum atomic E-state index is -0.799. The van der Waals surface area contributed by atoms with Crippen molar-refractivity contribution >= 4 is 11.9 Å². The average Bonchev–Trinajstić information content (AvgIpc) is 3.32. The van der Waals surface area contributed by atoms with Gasteiger partial charge >= 0.3 is 11.9 Å². The summed E-state index contributed by atoms with van der Waals surface area (Å²) in [6, 6.07) is 0. The van der Waals surface area contributed by atoms with Gasteiger partial charge in [-0.25, -0.2) is 0 Å². The van der Waals surface area contributed by atoms with Crippen molar-refractivity contribution in [1.82, 2.24) is 0 Å². The van der Waals surface area contributed by atoms with Crippen molar-refractivity contribution in [2.75, 3.05) is 13.2 Å². The zero-order valence-corrected chi connectivity index (χ0v) is 42.1. The smallest absolute Gasteiger partial charge is 0.306 e. The minimum Gasteiger partial charge on any atom is -0.462 e. The van der Waals surface area contributed by atoms with E-state index in [0.29, 0.717) is 12.8 Å². The molecule has 0 aromatic rings. The molecule has 370 valence electrons. The monoisotopic (exact) mass is 909 g/mol. The van der Waals surface area contributed by atoms with Gasteiger partial charge in [0.25, 0.3) is 0 Å². The Hall–Kier alpha value is -4.22. The number of unbranched alkanes of at least 4 members (excludes halogenated alkanes) is 14. The predicted molar refractivity (Wildman–Crippen MR) is 287 cm³/mol. The van der Waals surface area contributed by atoms with E-state index in [-0.39, 0.29) is 25.2 Å². The molecule has 5 heteroatoms. The van der Waals surface area contributed by atoms with Crippen LogP contribution in [0.5, 0.6) is 0 Å². The number of hydrogen-bond acceptors (Lipinski definition) is 5. The van der Waals surface area contributed by atoms with Gasteiger partial charge in [0.1, 0.15) is 6.61 Å². The molecule has 0 aromatic heterocycles. The van der Waals surface area contributed by atoms with Gasteiger partial charge in [0.05, 0.1) is 6.61 Å². The molecule has 0 saturated heterocycles. The Morgan fingerprint density at radius 3 is 0.924 bits per heavy atom. The van der Waals surface area contributed by atoms with Crippen molar-refractivity contribution in [3.8, 4) is 0 Å². The van der Waals surface area contributed by atoms with E-state index in [2.05, 4.69) is 160 Å². The third-order valence-corrected chi connectivity index (χ3v) is 10.6. The fourth-order valence-electron chi connectivity index (χ4n) is 6.74. The van der Waals surface area contributed by atoms with Crippen LogP contribution in [0.25, 0.3) is 0 Å². The van der Waals surface area contributed by atoms with Gasteiger partial charge in [-0.05, 0) is 116 Å². The lowest BCUT2D eigenvalue weighted by Crippen LogP contribution is -2.28. The van der Waals surface area contributed by atoms with Crippen LogP contribution in [0.4, 0.5) is 0 Å². The SMILES string of the molecule is CC/C=C\C/C=C\C/C=C\C/C=C\C/C=C\C/C=C\C/C=C\CCCCCCCCCCCCCC(=O)OC(CO)COC(=O)CCCCC/C=C\C/C=C\C/C=C\C/C=C\C/C=C\CC. The quantitative estimate of drug-likeness (QED) is 0.0374. The van der Waals surface area contributed by atoms with Crippen LogP contribution in [0.1, 0.15) is 206 Å². The average molecular weight is 909 g/mol. The molecule has 0 fully saturated rings. The lowest BCUT2D eigenvalue weighted by Gasteiger charge is -2.15. The zero-order valence-electron chi connectivity index (χ0n) is 42.1. The molecule has 0 saturated carbocycles. The summed E-state index contributed by atoms with van der Waals surface area (Å²) < 4.78 is 10.7. The summed E-state index contributed by atoms with van der Waals surface area (Å²) in [7, 11) is 0. The first-order chi connectivity index (χ1) is 32.6. The Kier molecular flexibility index (Phi) is 51.6. The minimum absolute atomic E-state index is 0.0934. The van der Waals surface area contributed by atoms with Gasteiger partial charge < -0.3 is 14.6 Å². The standard InChI is InChI=1S/C61H96O5/c1-3-5-7-9-11-13-15-17-19-21-23-24-25-26-27-28-29-30-31-32-33-34-35-36-38-40-42-44-46-48-50-52-54-56-61(64)66-59(57-62)58-65-60(63)55-53-51-49-47-45-43-41-39-37-22-20-18-16-14-12-10-8-6-4-2/h5-8,11-14,17-20,23-24,26-27,29-30,32-33,37,39,43,45,59,62H,3-4,9-10,15-16,21-22,25,28,31,34-36,38,40-42,44,46-58H2,1-2H3/b7-5-,8-6-,13-11-,14-12-,19-17-,20-18-,24-23-,27-26-,30-29-,33-32-,39-37-,45-43-. The van der Waals surface area contributed by atoms with E-state index in [4.69, 9.17) is 9.47 Å². The summed E-state index contributed by atoms with van der Waals surface area (Å²) in [5.41, 5.74) is 0. The maximum Gasteiger partial charge on any atom is 0.306 e. The molecule has 0 radical (unpaired) electrons. The molecule has 0 heterocycles. The Balaban J connectivity index is 3.61. The number of hydrogen-bond donors (Lipinski definition) is 1. The number of allylic oxidation sites excluding steroid dienone is 24. The molecule has 0 aliphatic heterocycles. The van der Waals surface area contributed by atoms with Crippen molar-refractivity contribution in [1.29, 1.82) is 0 Å². The van der Waals surface area contributed by atoms with Gasteiger partial charge in [-0.2, -0.15) is 0 Å². The summed E-state index contributed by atoms with van der Waals surface area (Å²) in [5.74, 6) is -0.642. The van der Waals surface area contributed by atoms with Crippen LogP contribution in [-0.4, -0.2) is 36.4 Å². The molecule has 0 aliphatic rings. The van der Waals surface area contributed by atoms with Crippen LogP contribution in [0.3, 0.4) is 0 Å². The molecule has 0 spiro atoms. The molecule has 0 aromatic carbocycles. The number of carbonyl (C=O) groups is 2. The zero-order chi connectivity index (χ0) is 47.7. The largest absolute Gasteiger partial charge is 0.462 e. The lowest BCUT2D eigenvalue weighted by atomic mass is 10.0. The van der Waals surface area contributed by atoms with Crippen LogP contribution in [0.2, 0.25) is 0 Å². The number of aliphatic hydroxyl groups excluding tert-OH is 1. The van der Waals surface area contributed by atoms with Gasteiger partial charge in [-0.1, -0.05) is 224 Å². The van der Waals surface area contributed by atoms with Crippen LogP contribution < -0.4 is 0 Å². The fourth-order valence-corrected chi connectivity index (χ4v) is 6.74. The molecule has 66 heavy (non-hydrogen) atoms. The highest BCUT2D eigenvalue weighted by molar-refractivity contribution is 5.70. The molecule has 0 rings (SSSR count). The van der Waals surface area contributed by atoms with Crippen LogP contribution in [0, 0.1) is 0 Å². The fraction of sp³-hybridized carbons (Fsp3) is 0.574. The normalized spacial score (nSPS) is 13.4. The molecule has 1 unspecified atom stereocenters. The Bertz CT molecular complexity index is 1450. The number of esters is 2. The Labute approximate surface area is 406 Å². The second kappa shape index (κ2) is 55.1. The molecule has 0 amide bonds.